The molecule has 0 aliphatic carbocycles. The Balaban J connectivity index is 2.70. The second-order valence-electron chi connectivity index (χ2n) is 2.33. The number of rotatable bonds is 1. The van der Waals surface area contributed by atoms with Gasteiger partial charge in [-0.05, 0) is 12.1 Å². The summed E-state index contributed by atoms with van der Waals surface area (Å²) in [5.74, 6) is 4.42. The number of nitrogens with two attached hydrogens (primary N) is 2. The van der Waals surface area contributed by atoms with E-state index in [1.54, 1.807) is 24.3 Å². The minimum absolute atomic E-state index is 0.103. The van der Waals surface area contributed by atoms with Gasteiger partial charge >= 0.3 is 0 Å². The molecule has 5 heteroatoms. The maximum absolute atomic E-state index is 11.3. The van der Waals surface area contributed by atoms with E-state index < -0.39 is 0 Å². The van der Waals surface area contributed by atoms with E-state index in [-0.39, 0.29) is 11.9 Å². The van der Waals surface area contributed by atoms with Crippen molar-refractivity contribution in [2.45, 2.75) is 0 Å². The van der Waals surface area contributed by atoms with E-state index in [0.29, 0.717) is 5.56 Å². The van der Waals surface area contributed by atoms with Gasteiger partial charge in [0.15, 0.2) is 0 Å². The smallest absolute Gasteiger partial charge is 0.257 e. The summed E-state index contributed by atoms with van der Waals surface area (Å²) >= 11 is 0. The van der Waals surface area contributed by atoms with Crippen LogP contribution in [-0.2, 0) is 0 Å². The first-order valence-corrected chi connectivity index (χ1v) is 3.64. The zero-order valence-electron chi connectivity index (χ0n) is 6.90. The molecule has 0 spiro atoms. The average molecular weight is 178 g/mol. The zero-order chi connectivity index (χ0) is 9.68. The molecule has 1 aromatic carbocycles. The second kappa shape index (κ2) is 4.10. The highest BCUT2D eigenvalue weighted by atomic mass is 16.1. The van der Waals surface area contributed by atoms with Crippen LogP contribution < -0.4 is 16.9 Å². The Labute approximate surface area is 75.4 Å². The molecule has 0 saturated heterocycles. The summed E-state index contributed by atoms with van der Waals surface area (Å²) < 4.78 is 0. The fourth-order valence-corrected chi connectivity index (χ4v) is 0.810. The summed E-state index contributed by atoms with van der Waals surface area (Å²) in [7, 11) is 0. The van der Waals surface area contributed by atoms with Crippen molar-refractivity contribution in [1.82, 2.24) is 5.32 Å². The molecule has 0 radical (unpaired) electrons. The third kappa shape index (κ3) is 2.48. The number of guanidine groups is 1. The van der Waals surface area contributed by atoms with E-state index in [0.717, 1.165) is 0 Å². The lowest BCUT2D eigenvalue weighted by atomic mass is 10.2. The van der Waals surface area contributed by atoms with Crippen molar-refractivity contribution in [3.63, 3.8) is 0 Å². The SMILES string of the molecule is N/N=C(\N)NC(=O)c1ccccc1. The van der Waals surface area contributed by atoms with Crippen LogP contribution in [-0.4, -0.2) is 11.9 Å². The van der Waals surface area contributed by atoms with Crippen molar-refractivity contribution in [2.75, 3.05) is 0 Å². The van der Waals surface area contributed by atoms with Crippen molar-refractivity contribution < 1.29 is 4.79 Å². The van der Waals surface area contributed by atoms with Gasteiger partial charge in [0.1, 0.15) is 0 Å². The highest BCUT2D eigenvalue weighted by molar-refractivity contribution is 6.05. The van der Waals surface area contributed by atoms with Gasteiger partial charge in [-0.2, -0.15) is 0 Å². The maximum Gasteiger partial charge on any atom is 0.257 e. The third-order valence-corrected chi connectivity index (χ3v) is 1.42. The Morgan fingerprint density at radius 1 is 1.31 bits per heavy atom. The van der Waals surface area contributed by atoms with Crippen LogP contribution in [0.4, 0.5) is 0 Å². The van der Waals surface area contributed by atoms with Gasteiger partial charge in [-0.15, -0.1) is 5.10 Å². The van der Waals surface area contributed by atoms with Crippen LogP contribution in [0.5, 0.6) is 0 Å². The first-order chi connectivity index (χ1) is 6.24. The van der Waals surface area contributed by atoms with Crippen molar-refractivity contribution in [3.8, 4) is 0 Å². The molecule has 13 heavy (non-hydrogen) atoms. The number of benzene rings is 1. The fourth-order valence-electron chi connectivity index (χ4n) is 0.810. The largest absolute Gasteiger partial charge is 0.368 e. The van der Waals surface area contributed by atoms with E-state index >= 15 is 0 Å². The molecule has 0 aliphatic rings. The number of carbonyl (C=O) groups excluding carboxylic acids is 1. The monoisotopic (exact) mass is 178 g/mol. The molecule has 5 N–H and O–H groups in total. The normalized spacial score (nSPS) is 10.9. The summed E-state index contributed by atoms with van der Waals surface area (Å²) in [6.07, 6.45) is 0. The predicted molar refractivity (Wildman–Crippen MR) is 49.7 cm³/mol. The van der Waals surface area contributed by atoms with Crippen molar-refractivity contribution in [1.29, 1.82) is 0 Å². The summed E-state index contributed by atoms with van der Waals surface area (Å²) in [6.45, 7) is 0. The Kier molecular flexibility index (Phi) is 2.86. The fraction of sp³-hybridized carbons (Fsp3) is 0. The zero-order valence-corrected chi connectivity index (χ0v) is 6.90. The molecule has 5 nitrogen and oxygen atoms in total. The number of amides is 1. The lowest BCUT2D eigenvalue weighted by Gasteiger charge is -2.01. The Morgan fingerprint density at radius 3 is 2.46 bits per heavy atom. The van der Waals surface area contributed by atoms with Crippen LogP contribution in [0.25, 0.3) is 0 Å². The molecule has 0 fully saturated rings. The van der Waals surface area contributed by atoms with Gasteiger partial charge in [0.25, 0.3) is 5.91 Å². The van der Waals surface area contributed by atoms with E-state index in [1.807, 2.05) is 6.07 Å². The third-order valence-electron chi connectivity index (χ3n) is 1.42. The second-order valence-corrected chi connectivity index (χ2v) is 2.33. The van der Waals surface area contributed by atoms with Gasteiger partial charge in [0, 0.05) is 5.56 Å². The number of hydrazone groups is 1. The number of nitrogens with one attached hydrogen (secondary N) is 1. The Morgan fingerprint density at radius 2 is 1.92 bits per heavy atom. The van der Waals surface area contributed by atoms with Crippen LogP contribution in [0.3, 0.4) is 0 Å². The van der Waals surface area contributed by atoms with Gasteiger partial charge in [-0.1, -0.05) is 18.2 Å². The molecule has 1 aromatic rings. The van der Waals surface area contributed by atoms with Crippen LogP contribution in [0, 0.1) is 0 Å². The summed E-state index contributed by atoms with van der Waals surface area (Å²) in [6, 6.07) is 8.66. The van der Waals surface area contributed by atoms with E-state index in [1.165, 1.54) is 0 Å². The van der Waals surface area contributed by atoms with Crippen LogP contribution >= 0.6 is 0 Å². The molecule has 0 atom stereocenters. The molecule has 0 aromatic heterocycles. The molecule has 0 unspecified atom stereocenters. The molecule has 0 aliphatic heterocycles. The number of carbonyl (C=O) groups is 1. The average Bonchev–Trinajstić information content (AvgIpc) is 2.19. The lowest BCUT2D eigenvalue weighted by molar-refractivity contribution is 0.0976. The van der Waals surface area contributed by atoms with Crippen molar-refractivity contribution in [2.24, 2.45) is 16.7 Å². The summed E-state index contributed by atoms with van der Waals surface area (Å²) in [5, 5.41) is 5.43. The quantitative estimate of drug-likeness (QED) is 0.236. The molecule has 1 rings (SSSR count). The van der Waals surface area contributed by atoms with Gasteiger partial charge in [-0.3, -0.25) is 10.1 Å². The van der Waals surface area contributed by atoms with E-state index in [9.17, 15) is 4.79 Å². The molecule has 0 bridgehead atoms. The highest BCUT2D eigenvalue weighted by Crippen LogP contribution is 1.96. The van der Waals surface area contributed by atoms with Gasteiger partial charge in [0.2, 0.25) is 5.96 Å². The Hall–Kier alpha value is -2.04. The number of hydrogen-bond acceptors (Lipinski definition) is 3. The maximum atomic E-state index is 11.3. The van der Waals surface area contributed by atoms with E-state index in [4.69, 9.17) is 11.6 Å². The van der Waals surface area contributed by atoms with Crippen molar-refractivity contribution >= 4 is 11.9 Å². The predicted octanol–water partition coefficient (Wildman–Crippen LogP) is -0.395. The minimum Gasteiger partial charge on any atom is -0.368 e. The minimum atomic E-state index is -0.327. The highest BCUT2D eigenvalue weighted by Gasteiger charge is 2.04. The van der Waals surface area contributed by atoms with Gasteiger partial charge < -0.3 is 11.6 Å². The standard InChI is InChI=1S/C8H10N4O/c9-8(12-10)11-7(13)6-4-2-1-3-5-6/h1-5H,10H2,(H3,9,11,12,13). The first kappa shape index (κ1) is 9.05. The molecular weight excluding hydrogens is 168 g/mol. The van der Waals surface area contributed by atoms with Crippen LogP contribution in [0.1, 0.15) is 10.4 Å². The Bertz CT molecular complexity index is 320. The first-order valence-electron chi connectivity index (χ1n) is 3.64. The molecule has 68 valence electrons. The summed E-state index contributed by atoms with van der Waals surface area (Å²) in [5.41, 5.74) is 5.71. The lowest BCUT2D eigenvalue weighted by Crippen LogP contribution is -2.37. The van der Waals surface area contributed by atoms with Crippen molar-refractivity contribution in [3.05, 3.63) is 35.9 Å². The summed E-state index contributed by atoms with van der Waals surface area (Å²) in [4.78, 5) is 11.3. The number of nitrogens with zero attached hydrogens (tertiary/aromatic N) is 1. The molecular formula is C8H10N4O. The van der Waals surface area contributed by atoms with Gasteiger partial charge in [0.05, 0.1) is 0 Å². The van der Waals surface area contributed by atoms with Crippen LogP contribution in [0.2, 0.25) is 0 Å². The molecule has 1 amide bonds. The van der Waals surface area contributed by atoms with Gasteiger partial charge in [-0.25, -0.2) is 0 Å². The van der Waals surface area contributed by atoms with Crippen LogP contribution in [0.15, 0.2) is 35.4 Å². The topological polar surface area (TPSA) is 93.5 Å². The van der Waals surface area contributed by atoms with E-state index in [2.05, 4.69) is 10.4 Å². The number of hydrogen-bond donors (Lipinski definition) is 3. The molecule has 0 saturated carbocycles. The molecule has 0 heterocycles.